The first kappa shape index (κ1) is 21.6. The molecule has 0 atom stereocenters. The topological polar surface area (TPSA) is 97.1 Å². The van der Waals surface area contributed by atoms with E-state index in [4.69, 9.17) is 5.73 Å². The molecule has 6 nitrogen and oxygen atoms in total. The lowest BCUT2D eigenvalue weighted by Gasteiger charge is -2.22. The maximum absolute atomic E-state index is 12.0. The van der Waals surface area contributed by atoms with E-state index in [9.17, 15) is 9.59 Å². The van der Waals surface area contributed by atoms with E-state index in [0.29, 0.717) is 13.1 Å². The second-order valence-corrected chi connectivity index (χ2v) is 5.51. The fourth-order valence-electron chi connectivity index (χ4n) is 2.49. The molecule has 1 aliphatic carbocycles. The Labute approximate surface area is 148 Å². The Kier molecular flexibility index (Phi) is 9.79. The number of rotatable bonds is 6. The van der Waals surface area contributed by atoms with Gasteiger partial charge in [0.25, 0.3) is 0 Å². The van der Waals surface area contributed by atoms with Gasteiger partial charge in [0.2, 0.25) is 11.8 Å². The normalized spacial score (nSPS) is 15.0. The number of nitrogens with zero attached hydrogens (tertiary/aromatic N) is 1. The number of hydrogen-bond acceptors (Lipinski definition) is 4. The maximum Gasteiger partial charge on any atom is 0.240 e. The van der Waals surface area contributed by atoms with Crippen LogP contribution in [0.15, 0.2) is 24.5 Å². The van der Waals surface area contributed by atoms with Gasteiger partial charge in [0.1, 0.15) is 0 Å². The van der Waals surface area contributed by atoms with Crippen molar-refractivity contribution in [1.29, 1.82) is 0 Å². The van der Waals surface area contributed by atoms with Gasteiger partial charge in [0.05, 0.1) is 5.54 Å². The summed E-state index contributed by atoms with van der Waals surface area (Å²) >= 11 is 0. The molecule has 2 rings (SSSR count). The van der Waals surface area contributed by atoms with Crippen LogP contribution in [0.25, 0.3) is 0 Å². The fraction of sp³-hybridized carbons (Fsp3) is 0.533. The van der Waals surface area contributed by atoms with Gasteiger partial charge < -0.3 is 16.4 Å². The van der Waals surface area contributed by atoms with Crippen molar-refractivity contribution in [3.05, 3.63) is 30.1 Å². The second kappa shape index (κ2) is 10.4. The molecule has 4 N–H and O–H groups in total. The molecule has 1 heterocycles. The molecule has 8 heteroatoms. The van der Waals surface area contributed by atoms with Crippen LogP contribution in [0, 0.1) is 0 Å². The first-order valence-corrected chi connectivity index (χ1v) is 7.33. The first-order chi connectivity index (χ1) is 10.1. The molecule has 1 saturated carbocycles. The highest BCUT2D eigenvalue weighted by molar-refractivity contribution is 5.87. The van der Waals surface area contributed by atoms with Crippen molar-refractivity contribution >= 4 is 36.6 Å². The van der Waals surface area contributed by atoms with Crippen molar-refractivity contribution in [3.63, 3.8) is 0 Å². The van der Waals surface area contributed by atoms with Crippen LogP contribution in [-0.4, -0.2) is 28.9 Å². The van der Waals surface area contributed by atoms with Gasteiger partial charge >= 0.3 is 0 Å². The number of carbonyl (C=O) groups excluding carboxylic acids is 2. The number of halogens is 2. The van der Waals surface area contributed by atoms with E-state index in [2.05, 4.69) is 15.6 Å². The molecule has 1 aromatic rings. The van der Waals surface area contributed by atoms with Gasteiger partial charge in [-0.15, -0.1) is 24.8 Å². The van der Waals surface area contributed by atoms with Gasteiger partial charge in [-0.2, -0.15) is 0 Å². The summed E-state index contributed by atoms with van der Waals surface area (Å²) in [7, 11) is 0. The summed E-state index contributed by atoms with van der Waals surface area (Å²) in [5.41, 5.74) is 6.25. The van der Waals surface area contributed by atoms with Crippen LogP contribution in [0.4, 0.5) is 0 Å². The van der Waals surface area contributed by atoms with Gasteiger partial charge in [-0.3, -0.25) is 14.6 Å². The Morgan fingerprint density at radius 2 is 1.91 bits per heavy atom. The zero-order valence-corrected chi connectivity index (χ0v) is 14.5. The second-order valence-electron chi connectivity index (χ2n) is 5.51. The zero-order chi connectivity index (χ0) is 15.1. The Bertz CT molecular complexity index is 494. The van der Waals surface area contributed by atoms with E-state index in [-0.39, 0.29) is 43.0 Å². The predicted octanol–water partition coefficient (Wildman–Crippen LogP) is 1.32. The Morgan fingerprint density at radius 3 is 2.52 bits per heavy atom. The van der Waals surface area contributed by atoms with Crippen LogP contribution >= 0.6 is 24.8 Å². The Hall–Kier alpha value is -1.37. The minimum atomic E-state index is -0.730. The number of nitrogens with two attached hydrogens (primary N) is 1. The number of carbonyl (C=O) groups is 2. The van der Waals surface area contributed by atoms with Gasteiger partial charge in [-0.25, -0.2) is 0 Å². The highest BCUT2D eigenvalue weighted by Crippen LogP contribution is 2.27. The van der Waals surface area contributed by atoms with Crippen LogP contribution in [0.1, 0.15) is 37.7 Å². The van der Waals surface area contributed by atoms with Gasteiger partial charge in [-0.05, 0) is 24.5 Å². The minimum absolute atomic E-state index is 0. The summed E-state index contributed by atoms with van der Waals surface area (Å²) in [5, 5.41) is 5.55. The molecular formula is C15H24Cl2N4O2. The number of aromatic nitrogens is 1. The summed E-state index contributed by atoms with van der Waals surface area (Å²) < 4.78 is 0. The molecule has 0 radical (unpaired) electrons. The highest BCUT2D eigenvalue weighted by atomic mass is 35.5. The van der Waals surface area contributed by atoms with E-state index in [1.165, 1.54) is 0 Å². The third-order valence-electron chi connectivity index (χ3n) is 3.80. The number of amides is 2. The van der Waals surface area contributed by atoms with Crippen molar-refractivity contribution in [2.45, 2.75) is 44.2 Å². The van der Waals surface area contributed by atoms with E-state index < -0.39 is 5.54 Å². The van der Waals surface area contributed by atoms with Crippen LogP contribution in [0.3, 0.4) is 0 Å². The smallest absolute Gasteiger partial charge is 0.240 e. The van der Waals surface area contributed by atoms with Crippen molar-refractivity contribution in [1.82, 2.24) is 15.6 Å². The molecule has 1 aliphatic rings. The summed E-state index contributed by atoms with van der Waals surface area (Å²) in [5.74, 6) is -0.239. The van der Waals surface area contributed by atoms with E-state index in [1.54, 1.807) is 12.4 Å². The van der Waals surface area contributed by atoms with Crippen molar-refractivity contribution < 1.29 is 9.59 Å². The van der Waals surface area contributed by atoms with Gasteiger partial charge in [-0.1, -0.05) is 18.9 Å². The lowest BCUT2D eigenvalue weighted by Crippen LogP contribution is -2.52. The molecule has 0 saturated heterocycles. The van der Waals surface area contributed by atoms with Crippen molar-refractivity contribution in [2.24, 2.45) is 5.73 Å². The molecule has 0 spiro atoms. The van der Waals surface area contributed by atoms with Crippen LogP contribution in [0.2, 0.25) is 0 Å². The summed E-state index contributed by atoms with van der Waals surface area (Å²) in [4.78, 5) is 27.6. The summed E-state index contributed by atoms with van der Waals surface area (Å²) in [6, 6.07) is 3.72. The standard InChI is InChI=1S/C15H22N4O2.2ClH/c16-15(6-1-2-7-15)14(21)18-9-5-13(20)19-11-12-4-3-8-17-10-12;;/h3-4,8,10H,1-2,5-7,9,11,16H2,(H,18,21)(H,19,20);2*1H. The fourth-order valence-corrected chi connectivity index (χ4v) is 2.49. The lowest BCUT2D eigenvalue weighted by molar-refractivity contribution is -0.126. The Morgan fingerprint density at radius 1 is 1.22 bits per heavy atom. The van der Waals surface area contributed by atoms with Crippen LogP contribution < -0.4 is 16.4 Å². The molecule has 0 aliphatic heterocycles. The third kappa shape index (κ3) is 6.72. The quantitative estimate of drug-likeness (QED) is 0.710. The largest absolute Gasteiger partial charge is 0.354 e. The van der Waals surface area contributed by atoms with E-state index in [0.717, 1.165) is 31.2 Å². The van der Waals surface area contributed by atoms with Gasteiger partial charge in [0.15, 0.2) is 0 Å². The molecule has 2 amide bonds. The first-order valence-electron chi connectivity index (χ1n) is 7.33. The summed E-state index contributed by atoms with van der Waals surface area (Å²) in [6.45, 7) is 0.762. The monoisotopic (exact) mass is 362 g/mol. The number of hydrogen-bond donors (Lipinski definition) is 3. The Balaban J connectivity index is 0.00000242. The number of nitrogens with one attached hydrogen (secondary N) is 2. The molecule has 1 aromatic heterocycles. The maximum atomic E-state index is 12.0. The molecule has 1 fully saturated rings. The molecular weight excluding hydrogens is 339 g/mol. The molecule has 0 aromatic carbocycles. The number of pyridine rings is 1. The molecule has 0 unspecified atom stereocenters. The molecule has 130 valence electrons. The van der Waals surface area contributed by atoms with Crippen molar-refractivity contribution in [2.75, 3.05) is 6.54 Å². The van der Waals surface area contributed by atoms with Crippen molar-refractivity contribution in [3.8, 4) is 0 Å². The zero-order valence-electron chi connectivity index (χ0n) is 12.9. The average molecular weight is 363 g/mol. The summed E-state index contributed by atoms with van der Waals surface area (Å²) in [6.07, 6.45) is 7.10. The van der Waals surface area contributed by atoms with Crippen LogP contribution in [-0.2, 0) is 16.1 Å². The predicted molar refractivity (Wildman–Crippen MR) is 93.6 cm³/mol. The minimum Gasteiger partial charge on any atom is -0.354 e. The molecule has 23 heavy (non-hydrogen) atoms. The van der Waals surface area contributed by atoms with E-state index in [1.807, 2.05) is 12.1 Å². The van der Waals surface area contributed by atoms with Crippen LogP contribution in [0.5, 0.6) is 0 Å². The van der Waals surface area contributed by atoms with E-state index >= 15 is 0 Å². The lowest BCUT2D eigenvalue weighted by atomic mass is 9.98. The third-order valence-corrected chi connectivity index (χ3v) is 3.80. The van der Waals surface area contributed by atoms with Gasteiger partial charge in [0, 0.05) is 31.9 Å². The molecule has 0 bridgehead atoms. The average Bonchev–Trinajstić information content (AvgIpc) is 2.94. The SMILES string of the molecule is Cl.Cl.NC1(C(=O)NCCC(=O)NCc2cccnc2)CCCC1. The highest BCUT2D eigenvalue weighted by Gasteiger charge is 2.36.